The second kappa shape index (κ2) is 5.56. The molecule has 2 rings (SSSR count). The van der Waals surface area contributed by atoms with Crippen LogP contribution in [0, 0.1) is 13.8 Å². The van der Waals surface area contributed by atoms with Crippen molar-refractivity contribution < 1.29 is 14.3 Å². The normalized spacial score (nSPS) is 10.3. The molecular weight excluding hydrogens is 244 g/mol. The third-order valence-corrected chi connectivity index (χ3v) is 2.73. The predicted octanol–water partition coefficient (Wildman–Crippen LogP) is 2.32. The Labute approximate surface area is 111 Å². The first-order valence-electron chi connectivity index (χ1n) is 5.92. The molecule has 1 heterocycles. The van der Waals surface area contributed by atoms with Crippen LogP contribution in [-0.2, 0) is 11.5 Å². The van der Waals surface area contributed by atoms with Crippen LogP contribution in [0.1, 0.15) is 21.6 Å². The zero-order valence-corrected chi connectivity index (χ0v) is 11.2. The summed E-state index contributed by atoms with van der Waals surface area (Å²) in [6.07, 6.45) is 1.68. The largest absolute Gasteiger partial charge is 0.471 e. The fourth-order valence-corrected chi connectivity index (χ4v) is 1.65. The Balaban J connectivity index is 2.04. The van der Waals surface area contributed by atoms with E-state index < -0.39 is 5.97 Å². The number of rotatable bonds is 4. The molecule has 0 amide bonds. The molecule has 0 N–H and O–H groups in total. The van der Waals surface area contributed by atoms with Crippen molar-refractivity contribution >= 4 is 5.97 Å². The van der Waals surface area contributed by atoms with Gasteiger partial charge in [0.1, 0.15) is 5.75 Å². The van der Waals surface area contributed by atoms with Gasteiger partial charge in [0.15, 0.2) is 12.4 Å². The van der Waals surface area contributed by atoms with E-state index in [1.54, 1.807) is 16.9 Å². The highest BCUT2D eigenvalue weighted by Crippen LogP contribution is 2.19. The van der Waals surface area contributed by atoms with E-state index in [0.717, 1.165) is 16.9 Å². The van der Waals surface area contributed by atoms with E-state index in [4.69, 9.17) is 4.74 Å². The summed E-state index contributed by atoms with van der Waals surface area (Å²) in [6, 6.07) is 7.61. The first-order chi connectivity index (χ1) is 9.10. The SMILES string of the molecule is COC(=O)c1ccn(COc2cc(C)ccc2C)n1. The van der Waals surface area contributed by atoms with Gasteiger partial charge in [-0.1, -0.05) is 12.1 Å². The molecule has 100 valence electrons. The number of hydrogen-bond acceptors (Lipinski definition) is 4. The summed E-state index contributed by atoms with van der Waals surface area (Å²) in [5, 5.41) is 4.07. The van der Waals surface area contributed by atoms with Crippen LogP contribution >= 0.6 is 0 Å². The quantitative estimate of drug-likeness (QED) is 0.792. The van der Waals surface area contributed by atoms with Crippen LogP contribution in [0.2, 0.25) is 0 Å². The molecule has 1 aromatic carbocycles. The van der Waals surface area contributed by atoms with Crippen molar-refractivity contribution in [1.29, 1.82) is 0 Å². The van der Waals surface area contributed by atoms with E-state index in [0.29, 0.717) is 0 Å². The summed E-state index contributed by atoms with van der Waals surface area (Å²) >= 11 is 0. The number of carbonyl (C=O) groups is 1. The number of methoxy groups -OCH3 is 1. The smallest absolute Gasteiger partial charge is 0.358 e. The van der Waals surface area contributed by atoms with Gasteiger partial charge in [0.25, 0.3) is 0 Å². The minimum atomic E-state index is -0.453. The van der Waals surface area contributed by atoms with E-state index in [1.165, 1.54) is 7.11 Å². The zero-order chi connectivity index (χ0) is 13.8. The summed E-state index contributed by atoms with van der Waals surface area (Å²) in [7, 11) is 1.33. The van der Waals surface area contributed by atoms with Crippen molar-refractivity contribution in [2.24, 2.45) is 0 Å². The van der Waals surface area contributed by atoms with Crippen molar-refractivity contribution in [3.63, 3.8) is 0 Å². The summed E-state index contributed by atoms with van der Waals surface area (Å²) in [6.45, 7) is 4.24. The monoisotopic (exact) mass is 260 g/mol. The van der Waals surface area contributed by atoms with Gasteiger partial charge in [0.05, 0.1) is 7.11 Å². The molecule has 0 aliphatic carbocycles. The number of aromatic nitrogens is 2. The lowest BCUT2D eigenvalue weighted by molar-refractivity contribution is 0.0592. The molecule has 0 bridgehead atoms. The van der Waals surface area contributed by atoms with Crippen molar-refractivity contribution in [1.82, 2.24) is 9.78 Å². The van der Waals surface area contributed by atoms with Crippen LogP contribution in [0.3, 0.4) is 0 Å². The Bertz CT molecular complexity index is 590. The predicted molar refractivity (Wildman–Crippen MR) is 70.1 cm³/mol. The van der Waals surface area contributed by atoms with Gasteiger partial charge in [0, 0.05) is 6.20 Å². The van der Waals surface area contributed by atoms with E-state index in [9.17, 15) is 4.79 Å². The molecule has 0 unspecified atom stereocenters. The standard InChI is InChI=1S/C14H16N2O3/c1-10-4-5-11(2)13(8-10)19-9-16-7-6-12(15-16)14(17)18-3/h4-8H,9H2,1-3H3. The fraction of sp³-hybridized carbons (Fsp3) is 0.286. The number of esters is 1. The number of ether oxygens (including phenoxy) is 2. The van der Waals surface area contributed by atoms with Crippen LogP contribution < -0.4 is 4.74 Å². The number of benzene rings is 1. The number of nitrogens with zero attached hydrogens (tertiary/aromatic N) is 2. The summed E-state index contributed by atoms with van der Waals surface area (Å²) in [5.41, 5.74) is 2.47. The van der Waals surface area contributed by atoms with Crippen LogP contribution in [0.4, 0.5) is 0 Å². The van der Waals surface area contributed by atoms with Crippen LogP contribution in [0.5, 0.6) is 5.75 Å². The molecule has 0 saturated heterocycles. The van der Waals surface area contributed by atoms with Crippen LogP contribution in [0.25, 0.3) is 0 Å². The second-order valence-corrected chi connectivity index (χ2v) is 4.27. The molecule has 5 nitrogen and oxygen atoms in total. The molecule has 0 atom stereocenters. The molecular formula is C14H16N2O3. The lowest BCUT2D eigenvalue weighted by Crippen LogP contribution is -2.09. The lowest BCUT2D eigenvalue weighted by atomic mass is 10.1. The third-order valence-electron chi connectivity index (χ3n) is 2.73. The molecule has 0 aliphatic rings. The van der Waals surface area contributed by atoms with Gasteiger partial charge in [-0.25, -0.2) is 9.48 Å². The molecule has 0 saturated carbocycles. The maximum Gasteiger partial charge on any atom is 0.358 e. The summed E-state index contributed by atoms with van der Waals surface area (Å²) in [4.78, 5) is 11.3. The number of hydrogen-bond donors (Lipinski definition) is 0. The van der Waals surface area contributed by atoms with Crippen molar-refractivity contribution in [3.8, 4) is 5.75 Å². The first-order valence-corrected chi connectivity index (χ1v) is 5.92. The van der Waals surface area contributed by atoms with Crippen LogP contribution in [0.15, 0.2) is 30.5 Å². The minimum Gasteiger partial charge on any atom is -0.471 e. The molecule has 0 aliphatic heterocycles. The average Bonchev–Trinajstić information content (AvgIpc) is 2.88. The van der Waals surface area contributed by atoms with Gasteiger partial charge in [-0.15, -0.1) is 0 Å². The highest BCUT2D eigenvalue weighted by atomic mass is 16.5. The lowest BCUT2D eigenvalue weighted by Gasteiger charge is -2.09. The van der Waals surface area contributed by atoms with E-state index in [1.807, 2.05) is 32.0 Å². The highest BCUT2D eigenvalue weighted by molar-refractivity contribution is 5.86. The van der Waals surface area contributed by atoms with E-state index in [-0.39, 0.29) is 12.4 Å². The van der Waals surface area contributed by atoms with Gasteiger partial charge in [0.2, 0.25) is 0 Å². The minimum absolute atomic E-state index is 0.251. The molecule has 0 fully saturated rings. The van der Waals surface area contributed by atoms with Gasteiger partial charge in [-0.2, -0.15) is 5.10 Å². The van der Waals surface area contributed by atoms with Crippen molar-refractivity contribution in [3.05, 3.63) is 47.3 Å². The molecule has 1 aromatic heterocycles. The fourth-order valence-electron chi connectivity index (χ4n) is 1.65. The zero-order valence-electron chi connectivity index (χ0n) is 11.2. The van der Waals surface area contributed by atoms with E-state index >= 15 is 0 Å². The Kier molecular flexibility index (Phi) is 3.85. The average molecular weight is 260 g/mol. The molecule has 0 spiro atoms. The van der Waals surface area contributed by atoms with Gasteiger partial charge in [-0.05, 0) is 37.1 Å². The van der Waals surface area contributed by atoms with Crippen molar-refractivity contribution in [2.45, 2.75) is 20.6 Å². The number of carbonyl (C=O) groups excluding carboxylic acids is 1. The van der Waals surface area contributed by atoms with Gasteiger partial charge in [-0.3, -0.25) is 0 Å². The van der Waals surface area contributed by atoms with E-state index in [2.05, 4.69) is 9.84 Å². The topological polar surface area (TPSA) is 53.4 Å². The third kappa shape index (κ3) is 3.13. The Morgan fingerprint density at radius 3 is 2.84 bits per heavy atom. The Morgan fingerprint density at radius 2 is 2.11 bits per heavy atom. The van der Waals surface area contributed by atoms with Gasteiger partial charge < -0.3 is 9.47 Å². The summed E-state index contributed by atoms with van der Waals surface area (Å²) < 4.78 is 11.8. The maximum atomic E-state index is 11.3. The summed E-state index contributed by atoms with van der Waals surface area (Å²) in [5.74, 6) is 0.362. The van der Waals surface area contributed by atoms with Crippen molar-refractivity contribution in [2.75, 3.05) is 7.11 Å². The maximum absolute atomic E-state index is 11.3. The first kappa shape index (κ1) is 13.1. The Hall–Kier alpha value is -2.30. The molecule has 2 aromatic rings. The Morgan fingerprint density at radius 1 is 1.32 bits per heavy atom. The molecule has 19 heavy (non-hydrogen) atoms. The molecule has 5 heteroatoms. The highest BCUT2D eigenvalue weighted by Gasteiger charge is 2.09. The second-order valence-electron chi connectivity index (χ2n) is 4.27. The van der Waals surface area contributed by atoms with Crippen LogP contribution in [-0.4, -0.2) is 22.9 Å². The molecule has 0 radical (unpaired) electrons. The number of aryl methyl sites for hydroxylation is 2. The van der Waals surface area contributed by atoms with Gasteiger partial charge >= 0.3 is 5.97 Å².